The van der Waals surface area contributed by atoms with Crippen molar-refractivity contribution in [2.24, 2.45) is 0 Å². The van der Waals surface area contributed by atoms with Gasteiger partial charge in [0.1, 0.15) is 12.3 Å². The average molecular weight is 438 g/mol. The van der Waals surface area contributed by atoms with Crippen molar-refractivity contribution in [2.45, 2.75) is 13.5 Å². The van der Waals surface area contributed by atoms with Crippen molar-refractivity contribution in [3.05, 3.63) is 86.4 Å². The monoisotopic (exact) mass is 437 g/mol. The standard InChI is InChI=1S/C22H19N3O3S2/c1-16-15-30-22(27)24(16)11-12-28-20(26)10-9-17-14-25(18-6-3-2-4-7-18)23-21(17)19-8-5-13-29-19/h2-10,13-15H,11-12H2,1H3/b10-9+. The van der Waals surface area contributed by atoms with E-state index in [1.54, 1.807) is 32.0 Å². The van der Waals surface area contributed by atoms with Gasteiger partial charge in [0.2, 0.25) is 0 Å². The van der Waals surface area contributed by atoms with E-state index in [-0.39, 0.29) is 11.5 Å². The molecule has 4 rings (SSSR count). The van der Waals surface area contributed by atoms with Gasteiger partial charge in [-0.2, -0.15) is 5.10 Å². The third-order valence-corrected chi connectivity index (χ3v) is 6.21. The Kier molecular flexibility index (Phi) is 6.06. The number of carbonyl (C=O) groups excluding carboxylic acids is 1. The molecule has 0 saturated carbocycles. The van der Waals surface area contributed by atoms with Gasteiger partial charge in [0.05, 0.1) is 17.1 Å². The second-order valence-corrected chi connectivity index (χ2v) is 8.25. The Labute approximate surface area is 181 Å². The van der Waals surface area contributed by atoms with Gasteiger partial charge in [-0.15, -0.1) is 11.3 Å². The van der Waals surface area contributed by atoms with E-state index in [4.69, 9.17) is 9.84 Å². The summed E-state index contributed by atoms with van der Waals surface area (Å²) in [6.07, 6.45) is 5.00. The molecule has 0 atom stereocenters. The lowest BCUT2D eigenvalue weighted by Gasteiger charge is -2.04. The molecule has 6 nitrogen and oxygen atoms in total. The summed E-state index contributed by atoms with van der Waals surface area (Å²) in [4.78, 5) is 24.9. The molecule has 0 radical (unpaired) electrons. The number of nitrogens with zero attached hydrogens (tertiary/aromatic N) is 3. The van der Waals surface area contributed by atoms with Crippen LogP contribution >= 0.6 is 22.7 Å². The largest absolute Gasteiger partial charge is 0.461 e. The van der Waals surface area contributed by atoms with E-state index in [9.17, 15) is 9.59 Å². The fraction of sp³-hybridized carbons (Fsp3) is 0.136. The minimum atomic E-state index is -0.458. The minimum absolute atomic E-state index is 0.0481. The Bertz CT molecular complexity index is 1220. The molecule has 1 aromatic carbocycles. The van der Waals surface area contributed by atoms with Gasteiger partial charge in [0.15, 0.2) is 0 Å². The summed E-state index contributed by atoms with van der Waals surface area (Å²) in [6.45, 7) is 2.35. The number of aryl methyl sites for hydroxylation is 1. The first-order chi connectivity index (χ1) is 14.6. The van der Waals surface area contributed by atoms with Gasteiger partial charge in [0.25, 0.3) is 0 Å². The molecule has 3 heterocycles. The number of hydrogen-bond donors (Lipinski definition) is 0. The summed E-state index contributed by atoms with van der Waals surface area (Å²) >= 11 is 2.73. The summed E-state index contributed by atoms with van der Waals surface area (Å²) in [7, 11) is 0. The van der Waals surface area contributed by atoms with Crippen molar-refractivity contribution in [2.75, 3.05) is 6.61 Å². The molecule has 0 aliphatic heterocycles. The quantitative estimate of drug-likeness (QED) is 0.318. The molecule has 8 heteroatoms. The van der Waals surface area contributed by atoms with E-state index in [2.05, 4.69) is 0 Å². The predicted molar refractivity (Wildman–Crippen MR) is 120 cm³/mol. The fourth-order valence-corrected chi connectivity index (χ4v) is 4.44. The van der Waals surface area contributed by atoms with Crippen molar-refractivity contribution < 1.29 is 9.53 Å². The van der Waals surface area contributed by atoms with Crippen LogP contribution in [0.25, 0.3) is 22.3 Å². The molecule has 0 aliphatic rings. The lowest BCUT2D eigenvalue weighted by molar-refractivity contribution is -0.137. The van der Waals surface area contributed by atoms with E-state index in [1.165, 1.54) is 6.08 Å². The Morgan fingerprint density at radius 3 is 2.70 bits per heavy atom. The minimum Gasteiger partial charge on any atom is -0.461 e. The van der Waals surface area contributed by atoms with Crippen LogP contribution in [0.2, 0.25) is 0 Å². The van der Waals surface area contributed by atoms with Crippen LogP contribution in [0.15, 0.2) is 70.3 Å². The van der Waals surface area contributed by atoms with Crippen molar-refractivity contribution in [3.63, 3.8) is 0 Å². The van der Waals surface area contributed by atoms with Gasteiger partial charge in [-0.1, -0.05) is 35.6 Å². The summed E-state index contributed by atoms with van der Waals surface area (Å²) < 4.78 is 8.66. The van der Waals surface area contributed by atoms with E-state index >= 15 is 0 Å². The fourth-order valence-electron chi connectivity index (χ4n) is 2.95. The topological polar surface area (TPSA) is 66.1 Å². The molecule has 0 unspecified atom stereocenters. The summed E-state index contributed by atoms with van der Waals surface area (Å²) in [5, 5.41) is 8.49. The van der Waals surface area contributed by atoms with Crippen LogP contribution in [-0.4, -0.2) is 26.9 Å². The molecule has 152 valence electrons. The number of thiazole rings is 1. The van der Waals surface area contributed by atoms with Gasteiger partial charge in [-0.05, 0) is 36.6 Å². The van der Waals surface area contributed by atoms with Gasteiger partial charge in [-0.3, -0.25) is 9.36 Å². The van der Waals surface area contributed by atoms with Crippen LogP contribution in [0.3, 0.4) is 0 Å². The van der Waals surface area contributed by atoms with Crippen LogP contribution in [0.4, 0.5) is 0 Å². The van der Waals surface area contributed by atoms with E-state index in [1.807, 2.05) is 61.0 Å². The van der Waals surface area contributed by atoms with Crippen molar-refractivity contribution in [1.29, 1.82) is 0 Å². The average Bonchev–Trinajstić information content (AvgIpc) is 3.49. The second-order valence-electron chi connectivity index (χ2n) is 6.49. The number of ether oxygens (including phenoxy) is 1. The molecule has 3 aromatic heterocycles. The smallest absolute Gasteiger partial charge is 0.330 e. The molecule has 30 heavy (non-hydrogen) atoms. The summed E-state index contributed by atoms with van der Waals surface area (Å²) in [5.74, 6) is -0.458. The van der Waals surface area contributed by atoms with Crippen LogP contribution < -0.4 is 4.87 Å². The SMILES string of the molecule is Cc1csc(=O)n1CCOC(=O)/C=C/c1cn(-c2ccccc2)nc1-c1cccs1. The number of rotatable bonds is 7. The molecule has 0 spiro atoms. The molecule has 0 fully saturated rings. The normalized spacial score (nSPS) is 11.2. The number of esters is 1. The van der Waals surface area contributed by atoms with E-state index in [0.717, 1.165) is 38.9 Å². The molecular weight excluding hydrogens is 418 g/mol. The van der Waals surface area contributed by atoms with Crippen molar-refractivity contribution >= 4 is 34.7 Å². The van der Waals surface area contributed by atoms with Crippen LogP contribution in [-0.2, 0) is 16.1 Å². The Balaban J connectivity index is 1.48. The van der Waals surface area contributed by atoms with Crippen LogP contribution in [0.1, 0.15) is 11.3 Å². The van der Waals surface area contributed by atoms with Gasteiger partial charge in [-0.25, -0.2) is 9.48 Å². The van der Waals surface area contributed by atoms with E-state index < -0.39 is 5.97 Å². The third kappa shape index (κ3) is 4.50. The first-order valence-corrected chi connectivity index (χ1v) is 11.1. The molecule has 4 aromatic rings. The van der Waals surface area contributed by atoms with Gasteiger partial charge < -0.3 is 4.74 Å². The molecule has 0 bridgehead atoms. The zero-order valence-corrected chi connectivity index (χ0v) is 17.9. The highest BCUT2D eigenvalue weighted by Crippen LogP contribution is 2.28. The maximum atomic E-state index is 12.2. The van der Waals surface area contributed by atoms with Crippen molar-refractivity contribution in [1.82, 2.24) is 14.3 Å². The first-order valence-electron chi connectivity index (χ1n) is 9.30. The molecular formula is C22H19N3O3S2. The highest BCUT2D eigenvalue weighted by molar-refractivity contribution is 7.13. The first kappa shape index (κ1) is 20.1. The maximum Gasteiger partial charge on any atom is 0.330 e. The Morgan fingerprint density at radius 1 is 1.17 bits per heavy atom. The highest BCUT2D eigenvalue weighted by atomic mass is 32.1. The Morgan fingerprint density at radius 2 is 2.00 bits per heavy atom. The zero-order valence-electron chi connectivity index (χ0n) is 16.2. The molecule has 0 aliphatic carbocycles. The number of carbonyl (C=O) groups is 1. The lowest BCUT2D eigenvalue weighted by atomic mass is 10.2. The second kappa shape index (κ2) is 9.06. The molecule has 0 saturated heterocycles. The zero-order chi connectivity index (χ0) is 20.9. The van der Waals surface area contributed by atoms with E-state index in [0.29, 0.717) is 6.54 Å². The van der Waals surface area contributed by atoms with Crippen LogP contribution in [0, 0.1) is 6.92 Å². The number of para-hydroxylation sites is 1. The number of benzene rings is 1. The van der Waals surface area contributed by atoms with Gasteiger partial charge in [0, 0.05) is 28.9 Å². The lowest BCUT2D eigenvalue weighted by Crippen LogP contribution is -2.19. The summed E-state index contributed by atoms with van der Waals surface area (Å²) in [5.41, 5.74) is 3.43. The van der Waals surface area contributed by atoms with Gasteiger partial charge >= 0.3 is 10.8 Å². The number of hydrogen-bond acceptors (Lipinski definition) is 6. The highest BCUT2D eigenvalue weighted by Gasteiger charge is 2.12. The number of aromatic nitrogens is 3. The van der Waals surface area contributed by atoms with Crippen molar-refractivity contribution in [3.8, 4) is 16.3 Å². The predicted octanol–water partition coefficient (Wildman–Crippen LogP) is 4.39. The Hall–Kier alpha value is -3.23. The summed E-state index contributed by atoms with van der Waals surface area (Å²) in [6, 6.07) is 13.8. The number of thiophene rings is 1. The molecule has 0 amide bonds. The molecule has 0 N–H and O–H groups in total. The maximum absolute atomic E-state index is 12.2. The van der Waals surface area contributed by atoms with Crippen LogP contribution in [0.5, 0.6) is 0 Å². The third-order valence-electron chi connectivity index (χ3n) is 4.45.